The van der Waals surface area contributed by atoms with Crippen molar-refractivity contribution in [3.8, 4) is 0 Å². The first-order chi connectivity index (χ1) is 7.10. The highest BCUT2D eigenvalue weighted by atomic mass is 79.9. The van der Waals surface area contributed by atoms with Crippen LogP contribution in [0.2, 0.25) is 0 Å². The molecule has 0 aliphatic carbocycles. The summed E-state index contributed by atoms with van der Waals surface area (Å²) < 4.78 is 4.49. The van der Waals surface area contributed by atoms with Gasteiger partial charge in [-0.3, -0.25) is 0 Å². The van der Waals surface area contributed by atoms with Crippen LogP contribution in [-0.2, 0) is 4.74 Å². The monoisotopic (exact) mass is 295 g/mol. The number of carbonyl (C=O) groups is 1. The van der Waals surface area contributed by atoms with E-state index >= 15 is 0 Å². The van der Waals surface area contributed by atoms with Gasteiger partial charge in [0.15, 0.2) is 0 Å². The normalized spacial score (nSPS) is 14.7. The molecule has 0 aromatic carbocycles. The second kappa shape index (κ2) is 5.55. The molecule has 0 radical (unpaired) electrons. The lowest BCUT2D eigenvalue weighted by Crippen LogP contribution is -2.19. The summed E-state index contributed by atoms with van der Waals surface area (Å²) in [7, 11) is 1.27. The lowest BCUT2D eigenvalue weighted by atomic mass is 10.2. The highest BCUT2D eigenvalue weighted by molar-refractivity contribution is 9.09. The van der Waals surface area contributed by atoms with Crippen LogP contribution in [0.4, 0.5) is 0 Å². The van der Waals surface area contributed by atoms with Gasteiger partial charge in [-0.1, -0.05) is 15.9 Å². The summed E-state index contributed by atoms with van der Waals surface area (Å²) in [5.41, 5.74) is 0. The van der Waals surface area contributed by atoms with E-state index in [1.165, 1.54) is 13.3 Å². The molecule has 0 bridgehead atoms. The van der Waals surface area contributed by atoms with Gasteiger partial charge in [-0.25, -0.2) is 9.78 Å². The number of hydrogen-bond donors (Lipinski definition) is 2. The first kappa shape index (κ1) is 12.6. The Kier molecular flexibility index (Phi) is 4.65. The summed E-state index contributed by atoms with van der Waals surface area (Å²) in [6, 6.07) is 0. The fraction of sp³-hybridized carbons (Fsp3) is 0.500. The highest BCUT2D eigenvalue weighted by Crippen LogP contribution is 2.23. The molecule has 84 valence electrons. The molecule has 0 aliphatic heterocycles. The second-order valence-corrected chi connectivity index (χ2v) is 4.43. The van der Waals surface area contributed by atoms with Crippen molar-refractivity contribution in [3.05, 3.63) is 16.1 Å². The average molecular weight is 296 g/mol. The number of ether oxygens (including phenoxy) is 1. The number of carbonyl (C=O) groups excluding carboxylic acids is 1. The number of aromatic nitrogens is 1. The van der Waals surface area contributed by atoms with E-state index in [0.29, 0.717) is 9.88 Å². The van der Waals surface area contributed by atoms with Crippen LogP contribution in [0.3, 0.4) is 0 Å². The average Bonchev–Trinajstić information content (AvgIpc) is 2.75. The molecule has 2 unspecified atom stereocenters. The first-order valence-corrected chi connectivity index (χ1v) is 6.00. The van der Waals surface area contributed by atoms with Gasteiger partial charge in [-0.15, -0.1) is 11.3 Å². The van der Waals surface area contributed by atoms with Crippen LogP contribution in [0.25, 0.3) is 0 Å². The minimum atomic E-state index is -1.09. The predicted molar refractivity (Wildman–Crippen MR) is 58.2 cm³/mol. The molecule has 1 heterocycles. The Bertz CT molecular complexity index is 343. The molecule has 0 saturated carbocycles. The van der Waals surface area contributed by atoms with Gasteiger partial charge in [-0.2, -0.15) is 0 Å². The molecule has 0 spiro atoms. The van der Waals surface area contributed by atoms with E-state index < -0.39 is 18.2 Å². The summed E-state index contributed by atoms with van der Waals surface area (Å²) in [5, 5.41) is 19.4. The first-order valence-electron chi connectivity index (χ1n) is 4.06. The Morgan fingerprint density at radius 2 is 2.40 bits per heavy atom. The number of aliphatic hydroxyl groups is 2. The lowest BCUT2D eigenvalue weighted by molar-refractivity contribution is 0.0341. The number of halogens is 1. The van der Waals surface area contributed by atoms with Gasteiger partial charge in [-0.05, 0) is 0 Å². The molecule has 1 aromatic rings. The van der Waals surface area contributed by atoms with Crippen molar-refractivity contribution in [2.24, 2.45) is 0 Å². The zero-order valence-electron chi connectivity index (χ0n) is 7.88. The number of hydrogen-bond acceptors (Lipinski definition) is 6. The molecule has 7 heteroatoms. The third-order valence-corrected chi connectivity index (χ3v) is 3.40. The van der Waals surface area contributed by atoms with Gasteiger partial charge in [0.2, 0.25) is 0 Å². The van der Waals surface area contributed by atoms with Crippen molar-refractivity contribution in [2.45, 2.75) is 12.2 Å². The fourth-order valence-electron chi connectivity index (χ4n) is 0.868. The summed E-state index contributed by atoms with van der Waals surface area (Å²) in [5.74, 6) is -0.501. The molecule has 2 N–H and O–H groups in total. The maximum Gasteiger partial charge on any atom is 0.349 e. The molecule has 1 rings (SSSR count). The summed E-state index contributed by atoms with van der Waals surface area (Å²) >= 11 is 4.04. The van der Waals surface area contributed by atoms with E-state index in [1.807, 2.05) is 0 Å². The van der Waals surface area contributed by atoms with Gasteiger partial charge >= 0.3 is 5.97 Å². The predicted octanol–water partition coefficient (Wildman–Crippen LogP) is 0.719. The number of esters is 1. The lowest BCUT2D eigenvalue weighted by Gasteiger charge is -2.11. The van der Waals surface area contributed by atoms with Crippen LogP contribution in [0.15, 0.2) is 6.20 Å². The second-order valence-electron chi connectivity index (χ2n) is 2.72. The van der Waals surface area contributed by atoms with E-state index in [4.69, 9.17) is 0 Å². The van der Waals surface area contributed by atoms with Crippen molar-refractivity contribution in [3.63, 3.8) is 0 Å². The Morgan fingerprint density at radius 3 is 2.93 bits per heavy atom. The summed E-state index contributed by atoms with van der Waals surface area (Å²) in [6.45, 7) is 0. The number of thiazole rings is 1. The Labute approximate surface area is 98.8 Å². The number of rotatable bonds is 4. The van der Waals surface area contributed by atoms with Crippen molar-refractivity contribution < 1.29 is 19.7 Å². The Morgan fingerprint density at radius 1 is 1.73 bits per heavy atom. The molecule has 0 aliphatic rings. The van der Waals surface area contributed by atoms with E-state index in [9.17, 15) is 15.0 Å². The van der Waals surface area contributed by atoms with Gasteiger partial charge in [0, 0.05) is 5.33 Å². The molecule has 15 heavy (non-hydrogen) atoms. The van der Waals surface area contributed by atoms with E-state index in [0.717, 1.165) is 11.3 Å². The number of nitrogens with zero attached hydrogens (tertiary/aromatic N) is 1. The molecule has 2 atom stereocenters. The van der Waals surface area contributed by atoms with E-state index in [2.05, 4.69) is 25.7 Å². The SMILES string of the molecule is COC(=O)c1cnc(C(O)C(O)CBr)s1. The number of methoxy groups -OCH3 is 1. The minimum Gasteiger partial charge on any atom is -0.465 e. The van der Waals surface area contributed by atoms with Gasteiger partial charge in [0.05, 0.1) is 19.4 Å². The van der Waals surface area contributed by atoms with Gasteiger partial charge in [0.25, 0.3) is 0 Å². The maximum absolute atomic E-state index is 11.1. The standard InChI is InChI=1S/C8H10BrNO4S/c1-14-8(13)5-3-10-7(15-5)6(12)4(11)2-9/h3-4,6,11-12H,2H2,1H3. The quantitative estimate of drug-likeness (QED) is 0.632. The van der Waals surface area contributed by atoms with Gasteiger partial charge < -0.3 is 14.9 Å². The summed E-state index contributed by atoms with van der Waals surface area (Å²) in [6.07, 6.45) is -0.717. The van der Waals surface area contributed by atoms with Crippen molar-refractivity contribution in [1.82, 2.24) is 4.98 Å². The fourth-order valence-corrected chi connectivity index (χ4v) is 2.10. The van der Waals surface area contributed by atoms with E-state index in [1.54, 1.807) is 0 Å². The molecule has 0 saturated heterocycles. The zero-order chi connectivity index (χ0) is 11.4. The zero-order valence-corrected chi connectivity index (χ0v) is 10.3. The van der Waals surface area contributed by atoms with Crippen molar-refractivity contribution in [2.75, 3.05) is 12.4 Å². The van der Waals surface area contributed by atoms with Gasteiger partial charge in [0.1, 0.15) is 16.0 Å². The third-order valence-electron chi connectivity index (χ3n) is 1.69. The smallest absolute Gasteiger partial charge is 0.349 e. The van der Waals surface area contributed by atoms with Crippen LogP contribution in [0.1, 0.15) is 20.8 Å². The molecular formula is C8H10BrNO4S. The van der Waals surface area contributed by atoms with Crippen LogP contribution >= 0.6 is 27.3 Å². The highest BCUT2D eigenvalue weighted by Gasteiger charge is 2.22. The molecule has 1 aromatic heterocycles. The van der Waals surface area contributed by atoms with E-state index in [-0.39, 0.29) is 5.33 Å². The third kappa shape index (κ3) is 2.97. The topological polar surface area (TPSA) is 79.7 Å². The Hall–Kier alpha value is -0.500. The summed E-state index contributed by atoms with van der Waals surface area (Å²) in [4.78, 5) is 15.2. The van der Waals surface area contributed by atoms with Crippen LogP contribution in [0, 0.1) is 0 Å². The number of alkyl halides is 1. The van der Waals surface area contributed by atoms with Crippen molar-refractivity contribution >= 4 is 33.2 Å². The van der Waals surface area contributed by atoms with Crippen LogP contribution in [-0.4, -0.2) is 39.7 Å². The molecule has 5 nitrogen and oxygen atoms in total. The Balaban J connectivity index is 2.79. The minimum absolute atomic E-state index is 0.237. The molecular weight excluding hydrogens is 286 g/mol. The largest absolute Gasteiger partial charge is 0.465 e. The molecule has 0 amide bonds. The molecule has 0 fully saturated rings. The van der Waals surface area contributed by atoms with Crippen molar-refractivity contribution in [1.29, 1.82) is 0 Å². The maximum atomic E-state index is 11.1. The number of aliphatic hydroxyl groups excluding tert-OH is 2. The van der Waals surface area contributed by atoms with Crippen LogP contribution < -0.4 is 0 Å². The van der Waals surface area contributed by atoms with Crippen LogP contribution in [0.5, 0.6) is 0 Å².